The lowest BCUT2D eigenvalue weighted by Crippen LogP contribution is -2.22. The molecule has 1 saturated carbocycles. The molecule has 0 heteroatoms. The zero-order valence-electron chi connectivity index (χ0n) is 12.0. The van der Waals surface area contributed by atoms with Gasteiger partial charge < -0.3 is 0 Å². The first kappa shape index (κ1) is 12.2. The van der Waals surface area contributed by atoms with Crippen LogP contribution in [0, 0.1) is 0 Å². The van der Waals surface area contributed by atoms with Gasteiger partial charge in [0.25, 0.3) is 0 Å². The first-order chi connectivity index (χ1) is 9.90. The summed E-state index contributed by atoms with van der Waals surface area (Å²) in [4.78, 5) is 0. The van der Waals surface area contributed by atoms with Crippen molar-refractivity contribution in [1.82, 2.24) is 0 Å². The molecule has 0 radical (unpaired) electrons. The Balaban J connectivity index is 1.75. The summed E-state index contributed by atoms with van der Waals surface area (Å²) in [5, 5.41) is 0. The highest BCUT2D eigenvalue weighted by atomic mass is 14.4. The van der Waals surface area contributed by atoms with Crippen LogP contribution in [0.3, 0.4) is 0 Å². The molecule has 0 unspecified atom stereocenters. The third kappa shape index (κ3) is 2.18. The smallest absolute Gasteiger partial charge is 0.00928 e. The van der Waals surface area contributed by atoms with E-state index >= 15 is 0 Å². The molecule has 2 aliphatic carbocycles. The Labute approximate surface area is 121 Å². The first-order valence-electron chi connectivity index (χ1n) is 8.08. The fraction of sp³-hybridized carbons (Fsp3) is 0.400. The van der Waals surface area contributed by atoms with Crippen molar-refractivity contribution in [1.29, 1.82) is 0 Å². The van der Waals surface area contributed by atoms with Crippen LogP contribution in [-0.2, 0) is 12.8 Å². The number of rotatable bonds is 0. The third-order valence-electron chi connectivity index (χ3n) is 5.21. The molecule has 4 rings (SSSR count). The lowest BCUT2D eigenvalue weighted by Gasteiger charge is -2.38. The second-order valence-electron chi connectivity index (χ2n) is 6.49. The molecule has 2 aromatic carbocycles. The van der Waals surface area contributed by atoms with E-state index in [4.69, 9.17) is 0 Å². The second-order valence-corrected chi connectivity index (χ2v) is 6.49. The predicted molar refractivity (Wildman–Crippen MR) is 84.2 cm³/mol. The van der Waals surface area contributed by atoms with Crippen LogP contribution in [-0.4, -0.2) is 0 Å². The van der Waals surface area contributed by atoms with E-state index in [2.05, 4.69) is 48.5 Å². The molecule has 20 heavy (non-hydrogen) atoms. The Bertz CT molecular complexity index is 555. The van der Waals surface area contributed by atoms with Crippen LogP contribution >= 0.6 is 0 Å². The Morgan fingerprint density at radius 3 is 1.60 bits per heavy atom. The van der Waals surface area contributed by atoms with Gasteiger partial charge in [-0.05, 0) is 72.6 Å². The molecule has 102 valence electrons. The van der Waals surface area contributed by atoms with Gasteiger partial charge in [0.2, 0.25) is 0 Å². The average Bonchev–Trinajstić information content (AvgIpc) is 2.43. The van der Waals surface area contributed by atoms with Crippen LogP contribution in [0.5, 0.6) is 0 Å². The maximum atomic E-state index is 2.47. The highest BCUT2D eigenvalue weighted by molar-refractivity contribution is 5.36. The monoisotopic (exact) mass is 262 g/mol. The van der Waals surface area contributed by atoms with E-state index in [-0.39, 0.29) is 0 Å². The number of aryl methyl sites for hydroxylation is 2. The lowest BCUT2D eigenvalue weighted by molar-refractivity contribution is 0.346. The van der Waals surface area contributed by atoms with Crippen LogP contribution in [0.15, 0.2) is 48.5 Å². The fourth-order valence-electron chi connectivity index (χ4n) is 3.91. The summed E-state index contributed by atoms with van der Waals surface area (Å²) in [5.41, 5.74) is 6.23. The molecule has 0 saturated heterocycles. The largest absolute Gasteiger partial charge is 0.0617 e. The molecule has 0 spiro atoms. The van der Waals surface area contributed by atoms with Crippen molar-refractivity contribution in [3.63, 3.8) is 0 Å². The third-order valence-corrected chi connectivity index (χ3v) is 5.21. The average molecular weight is 262 g/mol. The molecular formula is C20H22. The number of fused-ring (bicyclic) bond motifs is 7. The van der Waals surface area contributed by atoms with Gasteiger partial charge >= 0.3 is 0 Å². The van der Waals surface area contributed by atoms with Gasteiger partial charge in [0, 0.05) is 0 Å². The first-order valence-corrected chi connectivity index (χ1v) is 8.08. The number of benzene rings is 2. The molecular weight excluding hydrogens is 240 g/mol. The second kappa shape index (κ2) is 5.09. The summed E-state index contributed by atoms with van der Waals surface area (Å²) in [6, 6.07) is 18.8. The topological polar surface area (TPSA) is 0 Å². The summed E-state index contributed by atoms with van der Waals surface area (Å²) >= 11 is 0. The summed E-state index contributed by atoms with van der Waals surface area (Å²) in [6.45, 7) is 0. The van der Waals surface area contributed by atoms with Gasteiger partial charge in [0.05, 0.1) is 0 Å². The molecule has 2 aliphatic rings. The van der Waals surface area contributed by atoms with Crippen molar-refractivity contribution in [2.45, 2.75) is 50.4 Å². The Morgan fingerprint density at radius 2 is 1.15 bits per heavy atom. The number of hydrogen-bond donors (Lipinski definition) is 0. The summed E-state index contributed by atoms with van der Waals surface area (Å²) in [5.74, 6) is 1.51. The van der Waals surface area contributed by atoms with E-state index in [1.165, 1.54) is 49.7 Å². The lowest BCUT2D eigenvalue weighted by atomic mass is 9.66. The molecule has 2 atom stereocenters. The molecule has 0 amide bonds. The molecule has 0 aromatic heterocycles. The molecule has 0 nitrogen and oxygen atoms in total. The van der Waals surface area contributed by atoms with E-state index in [0.717, 1.165) is 11.8 Å². The van der Waals surface area contributed by atoms with E-state index in [9.17, 15) is 0 Å². The highest BCUT2D eigenvalue weighted by Gasteiger charge is 2.33. The zero-order valence-corrected chi connectivity index (χ0v) is 12.0. The normalized spacial score (nSPS) is 24.8. The van der Waals surface area contributed by atoms with Crippen LogP contribution in [0.4, 0.5) is 0 Å². The predicted octanol–water partition coefficient (Wildman–Crippen LogP) is 5.23. The van der Waals surface area contributed by atoms with Crippen molar-refractivity contribution in [2.75, 3.05) is 0 Å². The standard InChI is InChI=1S/C20H22/c1-2-6-16-8-4-10-18(14-16)20-12-11-19(20)17-9-3-7-15(5-1)13-17/h3-4,7-10,13-14,19-20H,1-2,5-6,11-12H2/t19-,20-/m1/s1. The zero-order chi connectivity index (χ0) is 13.4. The van der Waals surface area contributed by atoms with E-state index in [1.54, 1.807) is 11.1 Å². The quantitative estimate of drug-likeness (QED) is 0.610. The van der Waals surface area contributed by atoms with Gasteiger partial charge in [-0.2, -0.15) is 0 Å². The molecule has 1 fully saturated rings. The summed E-state index contributed by atoms with van der Waals surface area (Å²) in [7, 11) is 0. The maximum Gasteiger partial charge on any atom is -0.00928 e. The highest BCUT2D eigenvalue weighted by Crippen LogP contribution is 2.49. The fourth-order valence-corrected chi connectivity index (χ4v) is 3.91. The number of hydrogen-bond acceptors (Lipinski definition) is 0. The molecule has 0 aliphatic heterocycles. The van der Waals surface area contributed by atoms with E-state index in [1.807, 2.05) is 0 Å². The SMILES string of the molecule is c1cc2cc(c1)[C@H]1CC[C@@H]1c1cccc(c1)CCCC2. The van der Waals surface area contributed by atoms with Crippen molar-refractivity contribution >= 4 is 0 Å². The van der Waals surface area contributed by atoms with Crippen molar-refractivity contribution in [2.24, 2.45) is 0 Å². The minimum Gasteiger partial charge on any atom is -0.0617 e. The minimum atomic E-state index is 0.754. The molecule has 2 aromatic rings. The van der Waals surface area contributed by atoms with Gasteiger partial charge in [0.1, 0.15) is 0 Å². The van der Waals surface area contributed by atoms with Crippen LogP contribution in [0.2, 0.25) is 0 Å². The van der Waals surface area contributed by atoms with Gasteiger partial charge in [-0.3, -0.25) is 0 Å². The van der Waals surface area contributed by atoms with E-state index in [0.29, 0.717) is 0 Å². The summed E-state index contributed by atoms with van der Waals surface area (Å²) < 4.78 is 0. The Morgan fingerprint density at radius 1 is 0.650 bits per heavy atom. The van der Waals surface area contributed by atoms with Crippen LogP contribution in [0.1, 0.15) is 59.8 Å². The molecule has 0 N–H and O–H groups in total. The van der Waals surface area contributed by atoms with E-state index < -0.39 is 0 Å². The van der Waals surface area contributed by atoms with Gasteiger partial charge in [-0.25, -0.2) is 0 Å². The van der Waals surface area contributed by atoms with Crippen molar-refractivity contribution in [3.8, 4) is 0 Å². The van der Waals surface area contributed by atoms with Gasteiger partial charge in [-0.15, -0.1) is 0 Å². The summed E-state index contributed by atoms with van der Waals surface area (Å²) in [6.07, 6.45) is 7.82. The van der Waals surface area contributed by atoms with Gasteiger partial charge in [-0.1, -0.05) is 48.5 Å². The van der Waals surface area contributed by atoms with Gasteiger partial charge in [0.15, 0.2) is 0 Å². The Kier molecular flexibility index (Phi) is 3.10. The van der Waals surface area contributed by atoms with Crippen LogP contribution in [0.25, 0.3) is 0 Å². The Hall–Kier alpha value is -1.56. The minimum absolute atomic E-state index is 0.754. The molecule has 0 heterocycles. The van der Waals surface area contributed by atoms with Crippen molar-refractivity contribution < 1.29 is 0 Å². The maximum absolute atomic E-state index is 2.47. The van der Waals surface area contributed by atoms with Crippen molar-refractivity contribution in [3.05, 3.63) is 70.8 Å². The van der Waals surface area contributed by atoms with Crippen LogP contribution < -0.4 is 0 Å². The molecule has 4 bridgehead atoms.